The van der Waals surface area contributed by atoms with E-state index in [2.05, 4.69) is 5.32 Å². The van der Waals surface area contributed by atoms with Gasteiger partial charge >= 0.3 is 0 Å². The van der Waals surface area contributed by atoms with E-state index in [4.69, 9.17) is 0 Å². The lowest BCUT2D eigenvalue weighted by molar-refractivity contribution is -0.130. The third-order valence-corrected chi connectivity index (χ3v) is 7.93. The van der Waals surface area contributed by atoms with Crippen molar-refractivity contribution in [3.05, 3.63) is 35.9 Å². The smallest absolute Gasteiger partial charge is 0.243 e. The van der Waals surface area contributed by atoms with Gasteiger partial charge in [0.05, 0.1) is 6.26 Å². The largest absolute Gasteiger partial charge is 0.349 e. The van der Waals surface area contributed by atoms with Gasteiger partial charge in [0.15, 0.2) is 0 Å². The first-order chi connectivity index (χ1) is 12.3. The summed E-state index contributed by atoms with van der Waals surface area (Å²) in [7, 11) is -2.00. The average molecular weight is 377 g/mol. The summed E-state index contributed by atoms with van der Waals surface area (Å²) < 4.78 is 25.5. The van der Waals surface area contributed by atoms with Crippen LogP contribution in [0.4, 0.5) is 0 Å². The highest BCUT2D eigenvalue weighted by atomic mass is 32.2. The maximum Gasteiger partial charge on any atom is 0.243 e. The zero-order chi connectivity index (χ0) is 18.5. The number of nitrogens with zero attached hydrogens (tertiary/aromatic N) is 1. The fraction of sp³-hybridized carbons (Fsp3) is 0.650. The van der Waals surface area contributed by atoms with Gasteiger partial charge in [-0.3, -0.25) is 4.79 Å². The van der Waals surface area contributed by atoms with Gasteiger partial charge < -0.3 is 5.32 Å². The van der Waals surface area contributed by atoms with E-state index in [9.17, 15) is 13.2 Å². The Bertz CT molecular complexity index is 755. The summed E-state index contributed by atoms with van der Waals surface area (Å²) in [6.45, 7) is 0. The topological polar surface area (TPSA) is 66.5 Å². The van der Waals surface area contributed by atoms with Crippen LogP contribution in [0.3, 0.4) is 0 Å². The van der Waals surface area contributed by atoms with Crippen LogP contribution in [0.15, 0.2) is 30.3 Å². The molecule has 0 aromatic heterocycles. The van der Waals surface area contributed by atoms with Gasteiger partial charge in [0.1, 0.15) is 6.04 Å². The van der Waals surface area contributed by atoms with Crippen molar-refractivity contribution in [2.24, 2.45) is 17.8 Å². The normalized spacial score (nSPS) is 34.0. The van der Waals surface area contributed by atoms with E-state index in [1.807, 2.05) is 30.3 Å². The van der Waals surface area contributed by atoms with Gasteiger partial charge in [0.25, 0.3) is 0 Å². The monoisotopic (exact) mass is 376 g/mol. The molecule has 1 atom stereocenters. The van der Waals surface area contributed by atoms with E-state index in [-0.39, 0.29) is 11.4 Å². The van der Waals surface area contributed by atoms with Crippen LogP contribution in [0, 0.1) is 17.8 Å². The summed E-state index contributed by atoms with van der Waals surface area (Å²) >= 11 is 0. The minimum absolute atomic E-state index is 0.128. The molecule has 0 spiro atoms. The zero-order valence-electron chi connectivity index (χ0n) is 15.5. The van der Waals surface area contributed by atoms with Crippen LogP contribution in [-0.2, 0) is 14.8 Å². The predicted molar refractivity (Wildman–Crippen MR) is 101 cm³/mol. The van der Waals surface area contributed by atoms with E-state index in [1.54, 1.807) is 0 Å². The van der Waals surface area contributed by atoms with Gasteiger partial charge in [-0.1, -0.05) is 30.3 Å². The first-order valence-electron chi connectivity index (χ1n) is 9.56. The second kappa shape index (κ2) is 6.34. The lowest BCUT2D eigenvalue weighted by Crippen LogP contribution is -2.61. The van der Waals surface area contributed by atoms with Crippen LogP contribution in [0.25, 0.3) is 0 Å². The van der Waals surface area contributed by atoms with Crippen LogP contribution >= 0.6 is 0 Å². The second-order valence-corrected chi connectivity index (χ2v) is 10.8. The predicted octanol–water partition coefficient (Wildman–Crippen LogP) is 2.70. The Labute approximate surface area is 156 Å². The molecule has 1 N–H and O–H groups in total. The summed E-state index contributed by atoms with van der Waals surface area (Å²) in [5.74, 6) is 1.99. The molecule has 0 aliphatic heterocycles. The molecule has 4 aliphatic carbocycles. The summed E-state index contributed by atoms with van der Waals surface area (Å²) in [4.78, 5) is 13.3. The molecule has 0 saturated heterocycles. The molecule has 0 heterocycles. The number of amides is 1. The molecule has 4 bridgehead atoms. The van der Waals surface area contributed by atoms with Crippen LogP contribution < -0.4 is 5.32 Å². The third-order valence-electron chi connectivity index (χ3n) is 6.68. The van der Waals surface area contributed by atoms with E-state index in [0.29, 0.717) is 5.56 Å². The molecular weight excluding hydrogens is 348 g/mol. The van der Waals surface area contributed by atoms with Crippen molar-refractivity contribution < 1.29 is 13.2 Å². The second-order valence-electron chi connectivity index (χ2n) is 8.78. The number of likely N-dealkylation sites (N-methyl/N-ethyl adjacent to an activating group) is 1. The van der Waals surface area contributed by atoms with E-state index < -0.39 is 16.1 Å². The van der Waals surface area contributed by atoms with Crippen molar-refractivity contribution in [1.82, 2.24) is 9.62 Å². The minimum Gasteiger partial charge on any atom is -0.349 e. The van der Waals surface area contributed by atoms with Crippen molar-refractivity contribution in [1.29, 1.82) is 0 Å². The van der Waals surface area contributed by atoms with E-state index in [0.717, 1.165) is 43.3 Å². The lowest BCUT2D eigenvalue weighted by atomic mass is 9.53. The molecule has 4 aliphatic rings. The Morgan fingerprint density at radius 2 is 1.58 bits per heavy atom. The molecule has 0 radical (unpaired) electrons. The van der Waals surface area contributed by atoms with Crippen molar-refractivity contribution in [2.75, 3.05) is 13.3 Å². The van der Waals surface area contributed by atoms with E-state index in [1.165, 1.54) is 30.6 Å². The number of sulfonamides is 1. The molecule has 1 aromatic rings. The van der Waals surface area contributed by atoms with Gasteiger partial charge in [-0.2, -0.15) is 4.31 Å². The minimum atomic E-state index is -3.49. The number of hydrogen-bond donors (Lipinski definition) is 1. The van der Waals surface area contributed by atoms with Crippen molar-refractivity contribution in [2.45, 2.75) is 50.1 Å². The molecule has 4 saturated carbocycles. The van der Waals surface area contributed by atoms with Gasteiger partial charge in [0.2, 0.25) is 15.9 Å². The van der Waals surface area contributed by atoms with E-state index >= 15 is 0 Å². The van der Waals surface area contributed by atoms with Gasteiger partial charge in [-0.05, 0) is 61.8 Å². The van der Waals surface area contributed by atoms with Crippen LogP contribution in [0.5, 0.6) is 0 Å². The quantitative estimate of drug-likeness (QED) is 0.859. The molecule has 4 fully saturated rings. The standard InChI is InChI=1S/C20H28N2O3S/c1-22(26(2,24)25)18(17-6-4-3-5-7-17)19(23)21-20-11-14-8-15(12-20)10-16(9-14)13-20/h3-7,14-16,18H,8-13H2,1-2H3,(H,21,23)/t14?,15?,16?,18-,20?/m0/s1. The van der Waals surface area contributed by atoms with Crippen LogP contribution in [0.2, 0.25) is 0 Å². The summed E-state index contributed by atoms with van der Waals surface area (Å²) in [6, 6.07) is 8.39. The van der Waals surface area contributed by atoms with Gasteiger partial charge in [-0.15, -0.1) is 0 Å². The van der Waals surface area contributed by atoms with Crippen molar-refractivity contribution in [3.63, 3.8) is 0 Å². The number of hydrogen-bond acceptors (Lipinski definition) is 3. The summed E-state index contributed by atoms with van der Waals surface area (Å²) in [6.07, 6.45) is 8.22. The summed E-state index contributed by atoms with van der Waals surface area (Å²) in [5.41, 5.74) is 0.583. The molecular formula is C20H28N2O3S. The zero-order valence-corrected chi connectivity index (χ0v) is 16.3. The molecule has 0 unspecified atom stereocenters. The fourth-order valence-electron chi connectivity index (χ4n) is 5.95. The Kier molecular flexibility index (Phi) is 4.39. The fourth-order valence-corrected chi connectivity index (χ4v) is 6.55. The Balaban J connectivity index is 1.61. The highest BCUT2D eigenvalue weighted by Crippen LogP contribution is 2.55. The first-order valence-corrected chi connectivity index (χ1v) is 11.4. The highest BCUT2D eigenvalue weighted by molar-refractivity contribution is 7.88. The Hall–Kier alpha value is -1.40. The third kappa shape index (κ3) is 3.29. The lowest BCUT2D eigenvalue weighted by Gasteiger charge is -2.57. The van der Waals surface area contributed by atoms with Crippen LogP contribution in [0.1, 0.15) is 50.1 Å². The SMILES string of the molecule is CN([C@H](C(=O)NC12CC3CC(CC(C3)C1)C2)c1ccccc1)S(C)(=O)=O. The number of benzene rings is 1. The molecule has 1 amide bonds. The molecule has 6 heteroatoms. The molecule has 26 heavy (non-hydrogen) atoms. The maximum absolute atomic E-state index is 13.3. The van der Waals surface area contributed by atoms with Crippen LogP contribution in [-0.4, -0.2) is 37.5 Å². The number of carbonyl (C=O) groups is 1. The number of carbonyl (C=O) groups excluding carboxylic acids is 1. The summed E-state index contributed by atoms with van der Waals surface area (Å²) in [5, 5.41) is 3.33. The maximum atomic E-state index is 13.3. The molecule has 5 nitrogen and oxygen atoms in total. The highest BCUT2D eigenvalue weighted by Gasteiger charge is 2.52. The van der Waals surface area contributed by atoms with Crippen molar-refractivity contribution >= 4 is 15.9 Å². The van der Waals surface area contributed by atoms with Gasteiger partial charge in [0, 0.05) is 12.6 Å². The Morgan fingerprint density at radius 3 is 2.04 bits per heavy atom. The average Bonchev–Trinajstić information content (AvgIpc) is 2.53. The number of nitrogens with one attached hydrogen (secondary N) is 1. The number of rotatable bonds is 5. The first kappa shape index (κ1) is 18.0. The molecule has 5 rings (SSSR count). The van der Waals surface area contributed by atoms with Gasteiger partial charge in [-0.25, -0.2) is 8.42 Å². The molecule has 1 aromatic carbocycles. The Morgan fingerprint density at radius 1 is 1.08 bits per heavy atom. The molecule has 142 valence electrons. The van der Waals surface area contributed by atoms with Crippen molar-refractivity contribution in [3.8, 4) is 0 Å².